The molecule has 0 radical (unpaired) electrons. The number of hydrogen-bond donors (Lipinski definition) is 0. The van der Waals surface area contributed by atoms with Crippen molar-refractivity contribution in [2.75, 3.05) is 0 Å². The Kier molecular flexibility index (Phi) is 12.7. The first-order valence-electron chi connectivity index (χ1n) is 22.1. The molecular formula is C58H47N4O4P. The number of nitrogens with zero attached hydrogens (tertiary/aromatic N) is 4. The highest BCUT2D eigenvalue weighted by molar-refractivity contribution is 7.79. The average molecular weight is 895 g/mol. The van der Waals surface area contributed by atoms with Crippen LogP contribution in [0.2, 0.25) is 0 Å². The third-order valence-electron chi connectivity index (χ3n) is 12.1. The summed E-state index contributed by atoms with van der Waals surface area (Å²) in [6.07, 6.45) is 5.00. The smallest absolute Gasteiger partial charge is 0.263 e. The monoisotopic (exact) mass is 894 g/mol. The zero-order valence-electron chi connectivity index (χ0n) is 37.7. The predicted octanol–water partition coefficient (Wildman–Crippen LogP) is 13.1. The zero-order valence-corrected chi connectivity index (χ0v) is 38.6. The quantitative estimate of drug-likeness (QED) is 0.0895. The van der Waals surface area contributed by atoms with Crippen molar-refractivity contribution in [3.8, 4) is 44.5 Å². The maximum atomic E-state index is 11.3. The lowest BCUT2D eigenvalue weighted by molar-refractivity contribution is -0.384. The molecule has 2 heterocycles. The molecule has 7 aromatic carbocycles. The van der Waals surface area contributed by atoms with Crippen LogP contribution in [0, 0.1) is 47.9 Å². The Hall–Kier alpha value is -7.93. The Balaban J connectivity index is 0.000000127. The van der Waals surface area contributed by atoms with Gasteiger partial charge >= 0.3 is 0 Å². The van der Waals surface area contributed by atoms with Crippen LogP contribution < -0.4 is 15.9 Å². The Morgan fingerprint density at radius 3 is 1.15 bits per heavy atom. The fourth-order valence-corrected chi connectivity index (χ4v) is 11.2. The van der Waals surface area contributed by atoms with Crippen LogP contribution in [0.5, 0.6) is 0 Å². The van der Waals surface area contributed by atoms with Crippen molar-refractivity contribution in [1.82, 2.24) is 9.97 Å². The summed E-state index contributed by atoms with van der Waals surface area (Å²) in [4.78, 5) is 31.0. The van der Waals surface area contributed by atoms with Gasteiger partial charge in [-0.3, -0.25) is 30.2 Å². The van der Waals surface area contributed by atoms with Gasteiger partial charge in [-0.25, -0.2) is 0 Å². The van der Waals surface area contributed by atoms with Crippen LogP contribution >= 0.6 is 7.92 Å². The molecule has 0 N–H and O–H groups in total. The molecular weight excluding hydrogens is 848 g/mol. The fraction of sp³-hybridized carbons (Fsp3) is 0.103. The highest BCUT2D eigenvalue weighted by Crippen LogP contribution is 2.44. The van der Waals surface area contributed by atoms with Crippen LogP contribution in [0.1, 0.15) is 44.8 Å². The molecule has 9 heteroatoms. The van der Waals surface area contributed by atoms with Crippen LogP contribution in [-0.2, 0) is 12.8 Å². The van der Waals surface area contributed by atoms with Crippen molar-refractivity contribution in [2.24, 2.45) is 0 Å². The summed E-state index contributed by atoms with van der Waals surface area (Å²) in [5.74, 6) is 0. The van der Waals surface area contributed by atoms with E-state index in [-0.39, 0.29) is 11.4 Å². The van der Waals surface area contributed by atoms with Gasteiger partial charge in [0.25, 0.3) is 11.4 Å². The first kappa shape index (κ1) is 44.3. The van der Waals surface area contributed by atoms with Crippen molar-refractivity contribution in [3.05, 3.63) is 253 Å². The Morgan fingerprint density at radius 1 is 0.418 bits per heavy atom. The van der Waals surface area contributed by atoms with E-state index in [4.69, 9.17) is 4.98 Å². The molecule has 9 aromatic rings. The van der Waals surface area contributed by atoms with Crippen molar-refractivity contribution in [3.63, 3.8) is 0 Å². The lowest BCUT2D eigenvalue weighted by Crippen LogP contribution is -2.20. The van der Waals surface area contributed by atoms with E-state index in [2.05, 4.69) is 152 Å². The second-order valence-electron chi connectivity index (χ2n) is 17.0. The Morgan fingerprint density at radius 2 is 0.776 bits per heavy atom. The lowest BCUT2D eigenvalue weighted by atomic mass is 9.98. The number of nitro groups is 2. The van der Waals surface area contributed by atoms with Gasteiger partial charge in [-0.05, 0) is 98.0 Å². The largest absolute Gasteiger partial charge is 0.277 e. The number of pyridine rings is 2. The van der Waals surface area contributed by atoms with E-state index in [0.29, 0.717) is 22.3 Å². The van der Waals surface area contributed by atoms with Gasteiger partial charge < -0.3 is 0 Å². The molecule has 67 heavy (non-hydrogen) atoms. The van der Waals surface area contributed by atoms with Gasteiger partial charge in [0.1, 0.15) is 0 Å². The first-order chi connectivity index (χ1) is 32.5. The number of rotatable bonds is 7. The number of benzene rings is 7. The fourth-order valence-electron chi connectivity index (χ4n) is 8.87. The molecule has 328 valence electrons. The number of aryl methyl sites for hydroxylation is 4. The van der Waals surface area contributed by atoms with Gasteiger partial charge in [0.15, 0.2) is 0 Å². The highest BCUT2D eigenvalue weighted by Gasteiger charge is 2.27. The maximum Gasteiger partial charge on any atom is 0.277 e. The van der Waals surface area contributed by atoms with Crippen molar-refractivity contribution in [1.29, 1.82) is 0 Å². The molecule has 0 unspecified atom stereocenters. The van der Waals surface area contributed by atoms with E-state index in [9.17, 15) is 20.2 Å². The van der Waals surface area contributed by atoms with Crippen LogP contribution in [0.4, 0.5) is 11.4 Å². The third kappa shape index (κ3) is 9.58. The molecule has 2 aliphatic carbocycles. The SMILES string of the molecule is Cc1ccc([N+](=O)[O-])c(-c2cncc(-c3cc(C)ccc3[N+](=O)[O-])c2)c1.Cc1ccc2c(c1)-c1cc3c(nc1C2)Cc1ccc(C)cc1-3.c1ccc(P(c2ccccc2)c2ccccc2)cc1. The second-order valence-corrected chi connectivity index (χ2v) is 19.2. The van der Waals surface area contributed by atoms with E-state index >= 15 is 0 Å². The number of fused-ring (bicyclic) bond motifs is 6. The van der Waals surface area contributed by atoms with Gasteiger partial charge in [-0.2, -0.15) is 0 Å². The number of aromatic nitrogens is 2. The van der Waals surface area contributed by atoms with Crippen LogP contribution in [0.15, 0.2) is 188 Å². The minimum atomic E-state index is -0.448. The minimum Gasteiger partial charge on any atom is -0.263 e. The van der Waals surface area contributed by atoms with E-state index < -0.39 is 17.8 Å². The predicted molar refractivity (Wildman–Crippen MR) is 273 cm³/mol. The molecule has 0 bridgehead atoms. The first-order valence-corrected chi connectivity index (χ1v) is 23.5. The van der Waals surface area contributed by atoms with Crippen LogP contribution in [0.25, 0.3) is 44.5 Å². The molecule has 0 spiro atoms. The van der Waals surface area contributed by atoms with Gasteiger partial charge in [-0.15, -0.1) is 0 Å². The van der Waals surface area contributed by atoms with Gasteiger partial charge in [0.05, 0.1) is 32.4 Å². The summed E-state index contributed by atoms with van der Waals surface area (Å²) in [6.45, 7) is 8.02. The summed E-state index contributed by atoms with van der Waals surface area (Å²) in [6, 6.07) is 59.6. The molecule has 0 aliphatic heterocycles. The highest BCUT2D eigenvalue weighted by atomic mass is 31.1. The van der Waals surface area contributed by atoms with Gasteiger partial charge in [-0.1, -0.05) is 162 Å². The average Bonchev–Trinajstić information content (AvgIpc) is 3.88. The summed E-state index contributed by atoms with van der Waals surface area (Å²) in [5.41, 5.74) is 17.0. The van der Waals surface area contributed by atoms with E-state index in [1.54, 1.807) is 30.3 Å². The molecule has 0 saturated carbocycles. The lowest BCUT2D eigenvalue weighted by Gasteiger charge is -2.18. The molecule has 0 saturated heterocycles. The molecule has 11 rings (SSSR count). The minimum absolute atomic E-state index is 0.0340. The maximum absolute atomic E-state index is 11.3. The molecule has 0 fully saturated rings. The standard InChI is InChI=1S/C21H17N.C19H15N3O4.C18H15P/c1-12-3-5-14-9-20-18(16(14)7-12)11-19-17-8-13(2)4-6-15(17)10-21(19)22-20;1-12-3-5-18(21(23)24)16(7-12)14-9-15(11-20-10-14)17-8-13(2)4-6-19(17)22(25)26;1-4-10-16(11-5-1)19(17-12-6-2-7-13-17)18-14-8-3-9-15-18/h3-8,11H,9-10H2,1-2H3;3-11H,1-2H3;1-15H. The van der Waals surface area contributed by atoms with Crippen molar-refractivity contribution < 1.29 is 9.85 Å². The van der Waals surface area contributed by atoms with E-state index in [1.165, 1.54) is 96.3 Å². The summed E-state index contributed by atoms with van der Waals surface area (Å²) >= 11 is 0. The summed E-state index contributed by atoms with van der Waals surface area (Å²) < 4.78 is 0. The van der Waals surface area contributed by atoms with Crippen molar-refractivity contribution in [2.45, 2.75) is 40.5 Å². The Labute approximate surface area is 391 Å². The third-order valence-corrected chi connectivity index (χ3v) is 14.6. The number of hydrogen-bond acceptors (Lipinski definition) is 6. The Bertz CT molecular complexity index is 3060. The van der Waals surface area contributed by atoms with E-state index in [1.807, 2.05) is 13.8 Å². The van der Waals surface area contributed by atoms with Crippen molar-refractivity contribution >= 4 is 35.2 Å². The number of nitro benzene ring substituents is 2. The van der Waals surface area contributed by atoms with E-state index in [0.717, 1.165) is 24.0 Å². The summed E-state index contributed by atoms with van der Waals surface area (Å²) in [5, 5.41) is 26.9. The molecule has 8 nitrogen and oxygen atoms in total. The summed E-state index contributed by atoms with van der Waals surface area (Å²) in [7, 11) is -0.446. The molecule has 2 aliphatic rings. The van der Waals surface area contributed by atoms with Gasteiger partial charge in [0, 0.05) is 59.6 Å². The normalized spacial score (nSPS) is 11.5. The van der Waals surface area contributed by atoms with Crippen LogP contribution in [0.3, 0.4) is 0 Å². The zero-order chi connectivity index (χ0) is 46.6. The van der Waals surface area contributed by atoms with Gasteiger partial charge in [0.2, 0.25) is 0 Å². The second kappa shape index (κ2) is 19.3. The molecule has 0 atom stereocenters. The molecule has 2 aromatic heterocycles. The van der Waals surface area contributed by atoms with Crippen LogP contribution in [-0.4, -0.2) is 19.8 Å². The topological polar surface area (TPSA) is 112 Å². The molecule has 0 amide bonds.